The largest absolute Gasteiger partial charge is 0.421 e. The van der Waals surface area contributed by atoms with E-state index in [1.807, 2.05) is 32.1 Å². The molecule has 0 heterocycles. The summed E-state index contributed by atoms with van der Waals surface area (Å²) < 4.78 is 5.46. The molecule has 1 amide bonds. The van der Waals surface area contributed by atoms with E-state index in [4.69, 9.17) is 10.5 Å². The molecule has 1 aliphatic rings. The molecule has 0 aliphatic heterocycles. The summed E-state index contributed by atoms with van der Waals surface area (Å²) in [7, 11) is 0. The lowest BCUT2D eigenvalue weighted by atomic mass is 9.72. The number of nitrogens with two attached hydrogens (primary N) is 1. The standard InChI is InChI=1S/C30H40N2O3/c1-7-10-28(33)32-26-20-24(31)15-17-27(26)35-29(34)19-22(3)12-8-11-21(2)14-16-25-23(4)13-9-18-30(25,5)6/h8,11-12,14-17,19-20H,7,9-10,13,18,31H2,1-6H3,(H,32,33)/b12-8+,16-14+,21-11+,22-19+. The quantitative estimate of drug-likeness (QED) is 0.128. The van der Waals surface area contributed by atoms with E-state index in [9.17, 15) is 9.59 Å². The Morgan fingerprint density at radius 2 is 1.91 bits per heavy atom. The maximum atomic E-state index is 12.4. The summed E-state index contributed by atoms with van der Waals surface area (Å²) in [6.45, 7) is 12.7. The van der Waals surface area contributed by atoms with Gasteiger partial charge >= 0.3 is 5.97 Å². The monoisotopic (exact) mass is 476 g/mol. The molecule has 3 N–H and O–H groups in total. The van der Waals surface area contributed by atoms with Gasteiger partial charge in [-0.1, -0.05) is 62.3 Å². The van der Waals surface area contributed by atoms with E-state index in [-0.39, 0.29) is 17.1 Å². The molecule has 1 aromatic carbocycles. The number of anilines is 2. The number of carbonyl (C=O) groups excluding carboxylic acids is 2. The van der Waals surface area contributed by atoms with Crippen LogP contribution in [0.2, 0.25) is 0 Å². The average Bonchev–Trinajstić information content (AvgIpc) is 2.75. The Morgan fingerprint density at radius 3 is 2.60 bits per heavy atom. The first-order valence-corrected chi connectivity index (χ1v) is 12.3. The highest BCUT2D eigenvalue weighted by Crippen LogP contribution is 2.40. The van der Waals surface area contributed by atoms with E-state index < -0.39 is 5.97 Å². The van der Waals surface area contributed by atoms with E-state index in [1.54, 1.807) is 18.2 Å². The van der Waals surface area contributed by atoms with Crippen LogP contribution in [0.1, 0.15) is 73.6 Å². The van der Waals surface area contributed by atoms with Gasteiger partial charge in [0, 0.05) is 18.2 Å². The van der Waals surface area contributed by atoms with Crippen molar-refractivity contribution in [1.82, 2.24) is 0 Å². The van der Waals surface area contributed by atoms with Crippen molar-refractivity contribution in [3.8, 4) is 5.75 Å². The minimum absolute atomic E-state index is 0.153. The van der Waals surface area contributed by atoms with Gasteiger partial charge in [0.25, 0.3) is 0 Å². The minimum Gasteiger partial charge on any atom is -0.421 e. The van der Waals surface area contributed by atoms with E-state index in [0.717, 1.165) is 17.6 Å². The molecule has 0 saturated heterocycles. The zero-order chi connectivity index (χ0) is 26.0. The zero-order valence-corrected chi connectivity index (χ0v) is 22.0. The average molecular weight is 477 g/mol. The van der Waals surface area contributed by atoms with Crippen molar-refractivity contribution in [2.75, 3.05) is 11.1 Å². The van der Waals surface area contributed by atoms with E-state index >= 15 is 0 Å². The molecule has 188 valence electrons. The van der Waals surface area contributed by atoms with Gasteiger partial charge in [0.05, 0.1) is 5.69 Å². The topological polar surface area (TPSA) is 81.4 Å². The van der Waals surface area contributed by atoms with Gasteiger partial charge < -0.3 is 15.8 Å². The summed E-state index contributed by atoms with van der Waals surface area (Å²) in [6.07, 6.45) is 16.4. The highest BCUT2D eigenvalue weighted by Gasteiger charge is 2.26. The first kappa shape index (κ1) is 27.9. The number of amides is 1. The highest BCUT2D eigenvalue weighted by molar-refractivity contribution is 5.94. The minimum atomic E-state index is -0.523. The fourth-order valence-corrected chi connectivity index (χ4v) is 4.18. The van der Waals surface area contributed by atoms with Crippen LogP contribution < -0.4 is 15.8 Å². The van der Waals surface area contributed by atoms with Gasteiger partial charge in [0.15, 0.2) is 5.75 Å². The third-order valence-corrected chi connectivity index (χ3v) is 6.08. The van der Waals surface area contributed by atoms with Crippen LogP contribution in [0.15, 0.2) is 76.9 Å². The molecular weight excluding hydrogens is 436 g/mol. The molecule has 0 fully saturated rings. The number of nitrogens with one attached hydrogen (secondary N) is 1. The third kappa shape index (κ3) is 9.08. The Hall–Kier alpha value is -3.34. The Morgan fingerprint density at radius 1 is 1.17 bits per heavy atom. The van der Waals surface area contributed by atoms with Gasteiger partial charge in [-0.25, -0.2) is 4.79 Å². The first-order chi connectivity index (χ1) is 16.5. The summed E-state index contributed by atoms with van der Waals surface area (Å²) in [5, 5.41) is 2.75. The number of nitrogen functional groups attached to an aromatic ring is 1. The summed E-state index contributed by atoms with van der Waals surface area (Å²) in [4.78, 5) is 24.4. The second kappa shape index (κ2) is 12.9. The molecule has 0 saturated carbocycles. The zero-order valence-electron chi connectivity index (χ0n) is 22.0. The van der Waals surface area contributed by atoms with Crippen molar-refractivity contribution >= 4 is 23.3 Å². The van der Waals surface area contributed by atoms with Gasteiger partial charge in [0.2, 0.25) is 5.91 Å². The van der Waals surface area contributed by atoms with Crippen molar-refractivity contribution in [1.29, 1.82) is 0 Å². The second-order valence-electron chi connectivity index (χ2n) is 9.90. The molecule has 0 radical (unpaired) electrons. The number of benzene rings is 1. The lowest BCUT2D eigenvalue weighted by molar-refractivity contribution is -0.129. The molecule has 1 aliphatic carbocycles. The molecule has 0 aromatic heterocycles. The molecule has 35 heavy (non-hydrogen) atoms. The molecule has 0 unspecified atom stereocenters. The molecule has 0 bridgehead atoms. The van der Waals surface area contributed by atoms with Crippen molar-refractivity contribution < 1.29 is 14.3 Å². The fraction of sp³-hybridized carbons (Fsp3) is 0.400. The van der Waals surface area contributed by atoms with Gasteiger partial charge in [-0.15, -0.1) is 0 Å². The second-order valence-corrected chi connectivity index (χ2v) is 9.90. The van der Waals surface area contributed by atoms with Crippen molar-refractivity contribution in [2.24, 2.45) is 5.41 Å². The molecule has 0 spiro atoms. The lowest BCUT2D eigenvalue weighted by Gasteiger charge is -2.32. The van der Waals surface area contributed by atoms with Gasteiger partial charge in [-0.3, -0.25) is 4.79 Å². The maximum Gasteiger partial charge on any atom is 0.336 e. The smallest absolute Gasteiger partial charge is 0.336 e. The van der Waals surface area contributed by atoms with Crippen molar-refractivity contribution in [3.63, 3.8) is 0 Å². The van der Waals surface area contributed by atoms with Crippen LogP contribution in [0.4, 0.5) is 11.4 Å². The predicted octanol–water partition coefficient (Wildman–Crippen LogP) is 7.44. The van der Waals surface area contributed by atoms with Crippen LogP contribution in [0.5, 0.6) is 5.75 Å². The highest BCUT2D eigenvalue weighted by atomic mass is 16.5. The number of ether oxygens (including phenoxy) is 1. The van der Waals surface area contributed by atoms with Crippen LogP contribution in [0, 0.1) is 5.41 Å². The van der Waals surface area contributed by atoms with E-state index in [2.05, 4.69) is 45.2 Å². The maximum absolute atomic E-state index is 12.4. The van der Waals surface area contributed by atoms with Crippen LogP contribution in [0.3, 0.4) is 0 Å². The van der Waals surface area contributed by atoms with Gasteiger partial charge in [0.1, 0.15) is 0 Å². The molecule has 1 aromatic rings. The predicted molar refractivity (Wildman–Crippen MR) is 146 cm³/mol. The normalized spacial score (nSPS) is 16.7. The molecular formula is C30H40N2O3. The Labute approximate surface area is 210 Å². The summed E-state index contributed by atoms with van der Waals surface area (Å²) in [6, 6.07) is 4.79. The van der Waals surface area contributed by atoms with Crippen LogP contribution in [-0.2, 0) is 9.59 Å². The van der Waals surface area contributed by atoms with Gasteiger partial charge in [-0.2, -0.15) is 0 Å². The third-order valence-electron chi connectivity index (χ3n) is 6.08. The van der Waals surface area contributed by atoms with Crippen LogP contribution in [0.25, 0.3) is 0 Å². The molecule has 5 nitrogen and oxygen atoms in total. The molecule has 2 rings (SSSR count). The number of hydrogen-bond acceptors (Lipinski definition) is 4. The number of carbonyl (C=O) groups is 2. The van der Waals surface area contributed by atoms with Crippen molar-refractivity contribution in [3.05, 3.63) is 76.9 Å². The molecule has 5 heteroatoms. The van der Waals surface area contributed by atoms with Gasteiger partial charge in [-0.05, 0) is 81.2 Å². The summed E-state index contributed by atoms with van der Waals surface area (Å²) in [5.74, 6) is -0.414. The Kier molecular flexibility index (Phi) is 10.3. The van der Waals surface area contributed by atoms with Crippen LogP contribution >= 0.6 is 0 Å². The number of allylic oxidation sites excluding steroid dienone is 9. The molecule has 0 atom stereocenters. The van der Waals surface area contributed by atoms with Crippen LogP contribution in [-0.4, -0.2) is 11.9 Å². The van der Waals surface area contributed by atoms with Crippen molar-refractivity contribution in [2.45, 2.75) is 73.6 Å². The summed E-state index contributed by atoms with van der Waals surface area (Å²) in [5.41, 5.74) is 11.7. The van der Waals surface area contributed by atoms with E-state index in [0.29, 0.717) is 17.8 Å². The number of rotatable bonds is 9. The van der Waals surface area contributed by atoms with E-state index in [1.165, 1.54) is 36.5 Å². The number of esters is 1. The summed E-state index contributed by atoms with van der Waals surface area (Å²) >= 11 is 0. The Bertz CT molecular complexity index is 1080. The SMILES string of the molecule is CCCC(=O)Nc1cc(N)ccc1OC(=O)/C=C(C)/C=C/C=C(C)/C=C/C1=C(C)CCCC1(C)C. The first-order valence-electron chi connectivity index (χ1n) is 12.3. The fourth-order valence-electron chi connectivity index (χ4n) is 4.18. The number of hydrogen-bond donors (Lipinski definition) is 2. The lowest BCUT2D eigenvalue weighted by Crippen LogP contribution is -2.19. The Balaban J connectivity index is 2.03.